The Bertz CT molecular complexity index is 495. The second kappa shape index (κ2) is 7.14. The van der Waals surface area contributed by atoms with Gasteiger partial charge in [0.05, 0.1) is 12.5 Å². The molecule has 0 aromatic heterocycles. The molecule has 3 rings (SSSR count). The van der Waals surface area contributed by atoms with Crippen molar-refractivity contribution in [3.05, 3.63) is 29.8 Å². The molecular formula is C16H23ClN2O2. The molecule has 116 valence electrons. The number of amides is 1. The lowest BCUT2D eigenvalue weighted by Gasteiger charge is -2.36. The van der Waals surface area contributed by atoms with Crippen LogP contribution in [0.2, 0.25) is 0 Å². The minimum Gasteiger partial charge on any atom is -0.493 e. The number of hydrogen-bond acceptors (Lipinski definition) is 3. The highest BCUT2D eigenvalue weighted by Gasteiger charge is 2.32. The smallest absolute Gasteiger partial charge is 0.230 e. The summed E-state index contributed by atoms with van der Waals surface area (Å²) in [6, 6.07) is 7.90. The summed E-state index contributed by atoms with van der Waals surface area (Å²) >= 11 is 0. The fraction of sp³-hybridized carbons (Fsp3) is 0.562. The van der Waals surface area contributed by atoms with Crippen molar-refractivity contribution in [1.82, 2.24) is 4.90 Å². The van der Waals surface area contributed by atoms with Crippen LogP contribution in [0.4, 0.5) is 0 Å². The van der Waals surface area contributed by atoms with Gasteiger partial charge in [-0.1, -0.05) is 18.2 Å². The quantitative estimate of drug-likeness (QED) is 0.911. The summed E-state index contributed by atoms with van der Waals surface area (Å²) in [5, 5.41) is 0. The van der Waals surface area contributed by atoms with E-state index in [0.29, 0.717) is 19.1 Å². The van der Waals surface area contributed by atoms with Gasteiger partial charge in [-0.05, 0) is 37.8 Å². The normalized spacial score (nSPS) is 24.5. The molecular weight excluding hydrogens is 288 g/mol. The number of hydrogen-bond donors (Lipinski definition) is 1. The van der Waals surface area contributed by atoms with Gasteiger partial charge in [-0.15, -0.1) is 12.4 Å². The van der Waals surface area contributed by atoms with Gasteiger partial charge in [0.25, 0.3) is 0 Å². The van der Waals surface area contributed by atoms with E-state index in [-0.39, 0.29) is 24.2 Å². The van der Waals surface area contributed by atoms with E-state index in [9.17, 15) is 4.79 Å². The summed E-state index contributed by atoms with van der Waals surface area (Å²) in [4.78, 5) is 14.8. The lowest BCUT2D eigenvalue weighted by molar-refractivity contribution is -0.135. The number of nitrogens with two attached hydrogens (primary N) is 1. The van der Waals surface area contributed by atoms with E-state index in [4.69, 9.17) is 10.5 Å². The molecule has 0 saturated carbocycles. The Hall–Kier alpha value is -1.26. The van der Waals surface area contributed by atoms with E-state index in [1.807, 2.05) is 29.2 Å². The summed E-state index contributed by atoms with van der Waals surface area (Å²) in [5.41, 5.74) is 6.80. The standard InChI is InChI=1S/C16H22N2O2.ClH/c17-10-12-4-3-8-18(11-12)16(19)14-7-9-20-15-6-2-1-5-13(14)15;/h1-2,5-6,12,14H,3-4,7-11,17H2;1H. The van der Waals surface area contributed by atoms with Crippen molar-refractivity contribution in [2.24, 2.45) is 11.7 Å². The van der Waals surface area contributed by atoms with E-state index in [1.165, 1.54) is 0 Å². The number of nitrogens with zero attached hydrogens (tertiary/aromatic N) is 1. The van der Waals surface area contributed by atoms with Crippen LogP contribution in [0.5, 0.6) is 5.75 Å². The maximum atomic E-state index is 12.8. The molecule has 2 atom stereocenters. The topological polar surface area (TPSA) is 55.6 Å². The number of para-hydroxylation sites is 1. The van der Waals surface area contributed by atoms with Crippen molar-refractivity contribution >= 4 is 18.3 Å². The van der Waals surface area contributed by atoms with Crippen molar-refractivity contribution in [3.63, 3.8) is 0 Å². The van der Waals surface area contributed by atoms with Gasteiger partial charge in [-0.25, -0.2) is 0 Å². The molecule has 2 aliphatic heterocycles. The first-order valence-corrected chi connectivity index (χ1v) is 7.50. The number of likely N-dealkylation sites (tertiary alicyclic amines) is 1. The molecule has 2 unspecified atom stereocenters. The molecule has 2 N–H and O–H groups in total. The number of carbonyl (C=O) groups is 1. The van der Waals surface area contributed by atoms with E-state index in [1.54, 1.807) is 0 Å². The highest BCUT2D eigenvalue weighted by Crippen LogP contribution is 2.35. The van der Waals surface area contributed by atoms with Crippen LogP contribution in [-0.2, 0) is 4.79 Å². The van der Waals surface area contributed by atoms with Gasteiger partial charge in [-0.3, -0.25) is 4.79 Å². The summed E-state index contributed by atoms with van der Waals surface area (Å²) < 4.78 is 5.64. The third-order valence-corrected chi connectivity index (χ3v) is 4.42. The second-order valence-electron chi connectivity index (χ2n) is 5.76. The van der Waals surface area contributed by atoms with E-state index >= 15 is 0 Å². The Morgan fingerprint density at radius 2 is 2.14 bits per heavy atom. The summed E-state index contributed by atoms with van der Waals surface area (Å²) in [6.45, 7) is 2.99. The molecule has 0 spiro atoms. The molecule has 0 aliphatic carbocycles. The van der Waals surface area contributed by atoms with Crippen molar-refractivity contribution in [2.75, 3.05) is 26.2 Å². The third kappa shape index (κ3) is 3.33. The number of fused-ring (bicyclic) bond motifs is 1. The average molecular weight is 311 g/mol. The average Bonchev–Trinajstić information content (AvgIpc) is 2.53. The maximum absolute atomic E-state index is 12.8. The molecule has 1 amide bonds. The van der Waals surface area contributed by atoms with Crippen molar-refractivity contribution in [3.8, 4) is 5.75 Å². The molecule has 1 fully saturated rings. The molecule has 1 aromatic carbocycles. The highest BCUT2D eigenvalue weighted by molar-refractivity contribution is 5.85. The first-order valence-electron chi connectivity index (χ1n) is 7.50. The molecule has 1 saturated heterocycles. The minimum absolute atomic E-state index is 0. The number of halogens is 1. The Labute approximate surface area is 132 Å². The third-order valence-electron chi connectivity index (χ3n) is 4.42. The molecule has 21 heavy (non-hydrogen) atoms. The number of benzene rings is 1. The van der Waals surface area contributed by atoms with Crippen LogP contribution in [0.15, 0.2) is 24.3 Å². The molecule has 1 aromatic rings. The molecule has 2 aliphatic rings. The van der Waals surface area contributed by atoms with Gasteiger partial charge in [0, 0.05) is 18.7 Å². The maximum Gasteiger partial charge on any atom is 0.230 e. The highest BCUT2D eigenvalue weighted by atomic mass is 35.5. The van der Waals surface area contributed by atoms with Crippen LogP contribution < -0.4 is 10.5 Å². The predicted octanol–water partition coefficient (Wildman–Crippen LogP) is 2.17. The lowest BCUT2D eigenvalue weighted by atomic mass is 9.90. The van der Waals surface area contributed by atoms with Gasteiger partial charge in [0.15, 0.2) is 0 Å². The zero-order chi connectivity index (χ0) is 13.9. The van der Waals surface area contributed by atoms with Crippen LogP contribution in [0, 0.1) is 5.92 Å². The van der Waals surface area contributed by atoms with Gasteiger partial charge >= 0.3 is 0 Å². The number of carbonyl (C=O) groups excluding carboxylic acids is 1. The largest absolute Gasteiger partial charge is 0.493 e. The van der Waals surface area contributed by atoms with Gasteiger partial charge in [-0.2, -0.15) is 0 Å². The fourth-order valence-electron chi connectivity index (χ4n) is 3.28. The van der Waals surface area contributed by atoms with Crippen LogP contribution in [0.1, 0.15) is 30.7 Å². The molecule has 2 heterocycles. The molecule has 0 radical (unpaired) electrons. The SMILES string of the molecule is Cl.NCC1CCCN(C(=O)C2CCOc3ccccc32)C1. The zero-order valence-corrected chi connectivity index (χ0v) is 13.0. The van der Waals surface area contributed by atoms with E-state index in [2.05, 4.69) is 0 Å². The van der Waals surface area contributed by atoms with Crippen molar-refractivity contribution in [1.29, 1.82) is 0 Å². The predicted molar refractivity (Wildman–Crippen MR) is 84.9 cm³/mol. The molecule has 5 heteroatoms. The minimum atomic E-state index is -0.0449. The monoisotopic (exact) mass is 310 g/mol. The number of rotatable bonds is 2. The summed E-state index contributed by atoms with van der Waals surface area (Å²) in [5.74, 6) is 1.53. The molecule has 4 nitrogen and oxygen atoms in total. The molecule has 0 bridgehead atoms. The lowest BCUT2D eigenvalue weighted by Crippen LogP contribution is -2.44. The van der Waals surface area contributed by atoms with Gasteiger partial charge < -0.3 is 15.4 Å². The van der Waals surface area contributed by atoms with Gasteiger partial charge in [0.1, 0.15) is 5.75 Å². The Morgan fingerprint density at radius 1 is 1.33 bits per heavy atom. The van der Waals surface area contributed by atoms with Crippen LogP contribution in [-0.4, -0.2) is 37.0 Å². The van der Waals surface area contributed by atoms with Crippen molar-refractivity contribution < 1.29 is 9.53 Å². The first-order chi connectivity index (χ1) is 9.79. The summed E-state index contributed by atoms with van der Waals surface area (Å²) in [6.07, 6.45) is 2.99. The van der Waals surface area contributed by atoms with Crippen molar-refractivity contribution in [2.45, 2.75) is 25.2 Å². The van der Waals surface area contributed by atoms with Gasteiger partial charge in [0.2, 0.25) is 5.91 Å². The van der Waals surface area contributed by atoms with E-state index < -0.39 is 0 Å². The fourth-order valence-corrected chi connectivity index (χ4v) is 3.28. The Balaban J connectivity index is 0.00000161. The zero-order valence-electron chi connectivity index (χ0n) is 12.2. The number of ether oxygens (including phenoxy) is 1. The first kappa shape index (κ1) is 16.1. The Morgan fingerprint density at radius 3 is 2.95 bits per heavy atom. The number of piperidine rings is 1. The summed E-state index contributed by atoms with van der Waals surface area (Å²) in [7, 11) is 0. The van der Waals surface area contributed by atoms with Crippen LogP contribution >= 0.6 is 12.4 Å². The Kier molecular flexibility index (Phi) is 5.48. The van der Waals surface area contributed by atoms with E-state index in [0.717, 1.165) is 43.7 Å². The second-order valence-corrected chi connectivity index (χ2v) is 5.76. The van der Waals surface area contributed by atoms with Crippen LogP contribution in [0.3, 0.4) is 0 Å². The van der Waals surface area contributed by atoms with Crippen LogP contribution in [0.25, 0.3) is 0 Å².